The number of hydrogen-bond acceptors (Lipinski definition) is 7. The first-order valence-electron chi connectivity index (χ1n) is 31.7. The van der Waals surface area contributed by atoms with Gasteiger partial charge in [-0.1, -0.05) is 259 Å². The van der Waals surface area contributed by atoms with Crippen molar-refractivity contribution in [3.63, 3.8) is 0 Å². The second-order valence-corrected chi connectivity index (χ2v) is 22.4. The standard InChI is InChI=1S/C62H123N7O5/c1-7-11-15-19-23-27-31-35-39-43-48-66(54-58(63)70)60(72)56-68(50-45-41-37-33-29-25-21-17-13-9-3)62(74)57-69(51-46-42-38-34-30-26-22-18-14-10-4)61(73)55-67(59(71)53-64-47-52-65(5)6)49-44-40-36-32-28-24-20-16-12-8-2/h64H,7-57H2,1-6H3,(H2,63,70). The van der Waals surface area contributed by atoms with Crippen molar-refractivity contribution in [2.75, 3.05) is 86.1 Å². The molecule has 0 saturated heterocycles. The van der Waals surface area contributed by atoms with Gasteiger partial charge in [0, 0.05) is 39.3 Å². The van der Waals surface area contributed by atoms with Gasteiger partial charge >= 0.3 is 0 Å². The molecular weight excluding hydrogens is 923 g/mol. The maximum Gasteiger partial charge on any atom is 0.242 e. The number of unbranched alkanes of at least 4 members (excludes halogenated alkanes) is 36. The molecular formula is C62H123N7O5. The van der Waals surface area contributed by atoms with Gasteiger partial charge in [-0.15, -0.1) is 0 Å². The number of nitrogens with one attached hydrogen (secondary N) is 1. The van der Waals surface area contributed by atoms with Gasteiger partial charge in [-0.05, 0) is 39.8 Å². The van der Waals surface area contributed by atoms with Crippen LogP contribution in [0.4, 0.5) is 0 Å². The Hall–Kier alpha value is -2.73. The highest BCUT2D eigenvalue weighted by atomic mass is 16.2. The van der Waals surface area contributed by atoms with Crippen LogP contribution in [0.3, 0.4) is 0 Å². The Balaban J connectivity index is 6.25. The van der Waals surface area contributed by atoms with Crippen molar-refractivity contribution in [1.29, 1.82) is 0 Å². The highest BCUT2D eigenvalue weighted by Gasteiger charge is 2.27. The zero-order chi connectivity index (χ0) is 54.5. The number of amides is 5. The third-order valence-corrected chi connectivity index (χ3v) is 14.9. The van der Waals surface area contributed by atoms with Crippen molar-refractivity contribution in [3.8, 4) is 0 Å². The molecule has 436 valence electrons. The molecule has 0 aromatic carbocycles. The zero-order valence-electron chi connectivity index (χ0n) is 49.9. The summed E-state index contributed by atoms with van der Waals surface area (Å²) in [5.41, 5.74) is 5.71. The topological polar surface area (TPSA) is 140 Å². The van der Waals surface area contributed by atoms with Gasteiger partial charge in [0.05, 0.1) is 32.7 Å². The van der Waals surface area contributed by atoms with E-state index in [-0.39, 0.29) is 56.4 Å². The molecule has 0 fully saturated rings. The second kappa shape index (κ2) is 53.7. The van der Waals surface area contributed by atoms with Crippen LogP contribution < -0.4 is 11.1 Å². The van der Waals surface area contributed by atoms with Crippen LogP contribution in [0, 0.1) is 0 Å². The summed E-state index contributed by atoms with van der Waals surface area (Å²) in [6.07, 6.45) is 46.7. The number of primary amides is 1. The van der Waals surface area contributed by atoms with Gasteiger partial charge in [0.2, 0.25) is 29.5 Å². The predicted molar refractivity (Wildman–Crippen MR) is 314 cm³/mol. The van der Waals surface area contributed by atoms with Crippen molar-refractivity contribution in [2.45, 2.75) is 285 Å². The molecule has 0 unspecified atom stereocenters. The average molecular weight is 1050 g/mol. The lowest BCUT2D eigenvalue weighted by Gasteiger charge is -2.31. The second-order valence-electron chi connectivity index (χ2n) is 22.4. The number of carbonyl (C=O) groups is 5. The van der Waals surface area contributed by atoms with Gasteiger partial charge in [-0.3, -0.25) is 24.0 Å². The Bertz CT molecular complexity index is 1320. The van der Waals surface area contributed by atoms with E-state index in [4.69, 9.17) is 5.73 Å². The Kier molecular flexibility index (Phi) is 51.7. The predicted octanol–water partition coefficient (Wildman–Crippen LogP) is 13.6. The summed E-state index contributed by atoms with van der Waals surface area (Å²) in [6, 6.07) is 0. The lowest BCUT2D eigenvalue weighted by molar-refractivity contribution is -0.146. The molecule has 0 aliphatic heterocycles. The molecule has 0 bridgehead atoms. The monoisotopic (exact) mass is 1050 g/mol. The molecule has 0 rings (SSSR count). The number of nitrogens with zero attached hydrogens (tertiary/aromatic N) is 5. The van der Waals surface area contributed by atoms with Gasteiger partial charge in [0.1, 0.15) is 0 Å². The molecule has 0 aromatic rings. The molecule has 0 aliphatic rings. The van der Waals surface area contributed by atoms with Crippen molar-refractivity contribution in [1.82, 2.24) is 29.8 Å². The molecule has 3 N–H and O–H groups in total. The SMILES string of the molecule is CCCCCCCCCCCCN(CC(N)=O)C(=O)CN(CCCCCCCCCCCC)C(=O)CN(CCCCCCCCCCCC)C(=O)CN(CCCCCCCCCCCC)C(=O)CNCCN(C)C. The Morgan fingerprint density at radius 3 is 0.743 bits per heavy atom. The third-order valence-electron chi connectivity index (χ3n) is 14.9. The van der Waals surface area contributed by atoms with E-state index in [0.29, 0.717) is 32.7 Å². The smallest absolute Gasteiger partial charge is 0.242 e. The van der Waals surface area contributed by atoms with Crippen LogP contribution >= 0.6 is 0 Å². The van der Waals surface area contributed by atoms with Crippen LogP contribution in [0.5, 0.6) is 0 Å². The van der Waals surface area contributed by atoms with E-state index in [1.807, 2.05) is 14.1 Å². The van der Waals surface area contributed by atoms with Crippen molar-refractivity contribution in [2.24, 2.45) is 5.73 Å². The van der Waals surface area contributed by atoms with E-state index in [0.717, 1.165) is 96.4 Å². The molecule has 0 saturated carbocycles. The minimum Gasteiger partial charge on any atom is -0.368 e. The fourth-order valence-electron chi connectivity index (χ4n) is 9.92. The molecule has 0 spiro atoms. The molecule has 0 aliphatic carbocycles. The van der Waals surface area contributed by atoms with Crippen molar-refractivity contribution in [3.05, 3.63) is 0 Å². The lowest BCUT2D eigenvalue weighted by Crippen LogP contribution is -2.51. The number of hydrogen-bond donors (Lipinski definition) is 2. The zero-order valence-corrected chi connectivity index (χ0v) is 49.9. The van der Waals surface area contributed by atoms with E-state index < -0.39 is 5.91 Å². The Morgan fingerprint density at radius 1 is 0.297 bits per heavy atom. The highest BCUT2D eigenvalue weighted by Crippen LogP contribution is 2.16. The summed E-state index contributed by atoms with van der Waals surface area (Å²) in [6.45, 7) is 11.8. The van der Waals surface area contributed by atoms with E-state index >= 15 is 0 Å². The first kappa shape index (κ1) is 71.3. The molecule has 12 heteroatoms. The fraction of sp³-hybridized carbons (Fsp3) is 0.919. The quantitative estimate of drug-likeness (QED) is 0.0578. The summed E-state index contributed by atoms with van der Waals surface area (Å²) in [5.74, 6) is -1.41. The van der Waals surface area contributed by atoms with Gasteiger partial charge < -0.3 is 35.6 Å². The maximum atomic E-state index is 14.7. The normalized spacial score (nSPS) is 11.4. The summed E-state index contributed by atoms with van der Waals surface area (Å²) in [7, 11) is 4.02. The Labute approximate surface area is 457 Å². The van der Waals surface area contributed by atoms with Gasteiger partial charge in [-0.25, -0.2) is 0 Å². The van der Waals surface area contributed by atoms with Crippen LogP contribution in [0.1, 0.15) is 285 Å². The number of likely N-dealkylation sites (N-methyl/N-ethyl adjacent to an activating group) is 1. The fourth-order valence-corrected chi connectivity index (χ4v) is 9.92. The minimum atomic E-state index is -0.559. The first-order chi connectivity index (χ1) is 36.0. The van der Waals surface area contributed by atoms with Crippen molar-refractivity contribution < 1.29 is 24.0 Å². The van der Waals surface area contributed by atoms with Crippen LogP contribution in [0.2, 0.25) is 0 Å². The first-order valence-corrected chi connectivity index (χ1v) is 31.7. The summed E-state index contributed by atoms with van der Waals surface area (Å²) in [4.78, 5) is 78.2. The summed E-state index contributed by atoms with van der Waals surface area (Å²) < 4.78 is 0. The molecule has 74 heavy (non-hydrogen) atoms. The molecule has 12 nitrogen and oxygen atoms in total. The molecule has 0 aromatic heterocycles. The van der Waals surface area contributed by atoms with E-state index in [9.17, 15) is 24.0 Å². The molecule has 0 heterocycles. The lowest BCUT2D eigenvalue weighted by atomic mass is 10.1. The number of carbonyl (C=O) groups excluding carboxylic acids is 5. The van der Waals surface area contributed by atoms with Crippen LogP contribution in [0.15, 0.2) is 0 Å². The summed E-state index contributed by atoms with van der Waals surface area (Å²) >= 11 is 0. The molecule has 0 radical (unpaired) electrons. The van der Waals surface area contributed by atoms with Crippen LogP contribution in [-0.4, -0.2) is 140 Å². The Morgan fingerprint density at radius 2 is 0.514 bits per heavy atom. The maximum absolute atomic E-state index is 14.7. The van der Waals surface area contributed by atoms with Gasteiger partial charge in [0.15, 0.2) is 0 Å². The molecule has 5 amide bonds. The minimum absolute atomic E-state index is 0.0702. The van der Waals surface area contributed by atoms with E-state index in [1.54, 1.807) is 19.6 Å². The van der Waals surface area contributed by atoms with Gasteiger partial charge in [-0.2, -0.15) is 0 Å². The van der Waals surface area contributed by atoms with Crippen LogP contribution in [0.25, 0.3) is 0 Å². The van der Waals surface area contributed by atoms with Crippen LogP contribution in [-0.2, 0) is 24.0 Å². The third kappa shape index (κ3) is 45.5. The largest absolute Gasteiger partial charge is 0.368 e. The van der Waals surface area contributed by atoms with E-state index in [2.05, 4.69) is 37.9 Å². The number of nitrogens with two attached hydrogens (primary N) is 1. The summed E-state index contributed by atoms with van der Waals surface area (Å²) in [5, 5.41) is 3.29. The van der Waals surface area contributed by atoms with Crippen molar-refractivity contribution >= 4 is 29.5 Å². The molecule has 0 atom stereocenters. The van der Waals surface area contributed by atoms with Gasteiger partial charge in [0.25, 0.3) is 0 Å². The van der Waals surface area contributed by atoms with E-state index in [1.165, 1.54) is 167 Å². The highest BCUT2D eigenvalue weighted by molar-refractivity contribution is 5.91. The number of rotatable bonds is 57. The average Bonchev–Trinajstić information content (AvgIpc) is 3.37.